The first-order chi connectivity index (χ1) is 12.8. The number of rotatable bonds is 4. The number of benzene rings is 1. The summed E-state index contributed by atoms with van der Waals surface area (Å²) in [6.07, 6.45) is 1.63. The molecule has 6 heteroatoms. The van der Waals surface area contributed by atoms with Crippen LogP contribution in [0, 0.1) is 5.41 Å². The molecule has 0 saturated carbocycles. The molecule has 2 N–H and O–H groups in total. The van der Waals surface area contributed by atoms with Crippen LogP contribution in [0.3, 0.4) is 0 Å². The molecule has 1 fully saturated rings. The number of ether oxygens (including phenoxy) is 1. The van der Waals surface area contributed by atoms with Gasteiger partial charge >= 0.3 is 0 Å². The number of carbonyl (C=O) groups excluding carboxylic acids is 1. The second-order valence-electron chi connectivity index (χ2n) is 7.70. The van der Waals surface area contributed by atoms with Crippen molar-refractivity contribution in [2.75, 3.05) is 36.9 Å². The van der Waals surface area contributed by atoms with Crippen LogP contribution in [-0.4, -0.2) is 42.1 Å². The van der Waals surface area contributed by atoms with Gasteiger partial charge in [0, 0.05) is 35.3 Å². The summed E-state index contributed by atoms with van der Waals surface area (Å²) in [5.74, 6) is 0.119. The second-order valence-corrected chi connectivity index (χ2v) is 7.70. The third-order valence-electron chi connectivity index (χ3n) is 4.56. The quantitative estimate of drug-likeness (QED) is 0.837. The van der Waals surface area contributed by atoms with Gasteiger partial charge in [0.1, 0.15) is 11.5 Å². The summed E-state index contributed by atoms with van der Waals surface area (Å²) in [4.78, 5) is 23.7. The van der Waals surface area contributed by atoms with Gasteiger partial charge in [0.25, 0.3) is 0 Å². The zero-order valence-electron chi connectivity index (χ0n) is 16.2. The van der Waals surface area contributed by atoms with E-state index in [1.807, 2.05) is 32.9 Å². The van der Waals surface area contributed by atoms with Crippen molar-refractivity contribution in [2.45, 2.75) is 20.8 Å². The lowest BCUT2D eigenvalue weighted by Gasteiger charge is -2.29. The van der Waals surface area contributed by atoms with Gasteiger partial charge in [-0.2, -0.15) is 0 Å². The predicted molar refractivity (Wildman–Crippen MR) is 108 cm³/mol. The molecule has 0 bridgehead atoms. The van der Waals surface area contributed by atoms with E-state index >= 15 is 0 Å². The monoisotopic (exact) mass is 366 g/mol. The number of nitrogen functional groups attached to an aromatic ring is 1. The number of anilines is 2. The van der Waals surface area contributed by atoms with Crippen molar-refractivity contribution in [3.05, 3.63) is 42.7 Å². The van der Waals surface area contributed by atoms with Crippen LogP contribution in [0.15, 0.2) is 37.0 Å². The molecule has 0 aliphatic carbocycles. The smallest absolute Gasteiger partial charge is 0.169 e. The molecule has 0 amide bonds. The SMILES string of the molecule is C=C(C(=O)C(C)(C)C)c1nc(-c2cccc(N3CCOCC3)c2)cnc1N. The highest BCUT2D eigenvalue weighted by Crippen LogP contribution is 2.29. The Morgan fingerprint density at radius 2 is 1.96 bits per heavy atom. The Hall–Kier alpha value is -2.73. The molecular formula is C21H26N4O2. The fourth-order valence-electron chi connectivity index (χ4n) is 3.00. The van der Waals surface area contributed by atoms with E-state index in [9.17, 15) is 4.79 Å². The van der Waals surface area contributed by atoms with E-state index in [2.05, 4.69) is 33.6 Å². The molecule has 3 rings (SSSR count). The summed E-state index contributed by atoms with van der Waals surface area (Å²) in [5.41, 5.74) is 8.77. The first kappa shape index (κ1) is 19.0. The number of aromatic nitrogens is 2. The fourth-order valence-corrected chi connectivity index (χ4v) is 3.00. The molecule has 0 spiro atoms. The molecule has 6 nitrogen and oxygen atoms in total. The highest BCUT2D eigenvalue weighted by molar-refractivity contribution is 6.22. The standard InChI is InChI=1S/C21H26N4O2/c1-14(19(26)21(2,3)4)18-20(22)23-13-17(24-18)15-6-5-7-16(12-15)25-8-10-27-11-9-25/h5-7,12-13H,1,8-11H2,2-4H3,(H2,22,23). The van der Waals surface area contributed by atoms with Crippen LogP contribution >= 0.6 is 0 Å². The Morgan fingerprint density at radius 1 is 1.26 bits per heavy atom. The number of allylic oxidation sites excluding steroid dienone is 1. The maximum absolute atomic E-state index is 12.6. The van der Waals surface area contributed by atoms with Crippen LogP contribution in [0.2, 0.25) is 0 Å². The molecule has 0 radical (unpaired) electrons. The molecule has 2 aromatic rings. The molecule has 1 aliphatic heterocycles. The van der Waals surface area contributed by atoms with Crippen molar-refractivity contribution in [3.8, 4) is 11.3 Å². The highest BCUT2D eigenvalue weighted by atomic mass is 16.5. The molecule has 1 aromatic heterocycles. The third kappa shape index (κ3) is 4.17. The van der Waals surface area contributed by atoms with Crippen LogP contribution in [0.1, 0.15) is 26.5 Å². The third-order valence-corrected chi connectivity index (χ3v) is 4.56. The minimum Gasteiger partial charge on any atom is -0.382 e. The first-order valence-electron chi connectivity index (χ1n) is 9.07. The van der Waals surface area contributed by atoms with Crippen LogP contribution in [0.4, 0.5) is 11.5 Å². The van der Waals surface area contributed by atoms with Crippen molar-refractivity contribution in [3.63, 3.8) is 0 Å². The predicted octanol–water partition coefficient (Wildman–Crippen LogP) is 3.19. The summed E-state index contributed by atoms with van der Waals surface area (Å²) >= 11 is 0. The zero-order chi connectivity index (χ0) is 19.6. The topological polar surface area (TPSA) is 81.3 Å². The number of ketones is 1. The van der Waals surface area contributed by atoms with Crippen LogP contribution < -0.4 is 10.6 Å². The molecule has 27 heavy (non-hydrogen) atoms. The van der Waals surface area contributed by atoms with Crippen molar-refractivity contribution in [1.29, 1.82) is 0 Å². The lowest BCUT2D eigenvalue weighted by atomic mass is 9.85. The molecule has 1 aliphatic rings. The second kappa shape index (κ2) is 7.48. The summed E-state index contributed by atoms with van der Waals surface area (Å²) in [5, 5.41) is 0. The number of Topliss-reactive ketones (excluding diaryl/α,β-unsaturated/α-hetero) is 1. The molecule has 1 aromatic carbocycles. The van der Waals surface area contributed by atoms with E-state index in [4.69, 9.17) is 10.5 Å². The van der Waals surface area contributed by atoms with E-state index in [1.54, 1.807) is 6.20 Å². The minimum absolute atomic E-state index is 0.0947. The van der Waals surface area contributed by atoms with Gasteiger partial charge in [0.15, 0.2) is 5.78 Å². The molecule has 0 unspecified atom stereocenters. The Morgan fingerprint density at radius 3 is 2.63 bits per heavy atom. The van der Waals surface area contributed by atoms with Crippen molar-refractivity contribution in [1.82, 2.24) is 9.97 Å². The maximum atomic E-state index is 12.6. The Balaban J connectivity index is 1.94. The highest BCUT2D eigenvalue weighted by Gasteiger charge is 2.27. The van der Waals surface area contributed by atoms with Gasteiger partial charge in [0.2, 0.25) is 0 Å². The van der Waals surface area contributed by atoms with E-state index in [0.717, 1.165) is 37.6 Å². The number of nitrogens with two attached hydrogens (primary N) is 1. The summed E-state index contributed by atoms with van der Waals surface area (Å²) in [7, 11) is 0. The van der Waals surface area contributed by atoms with Gasteiger partial charge in [-0.15, -0.1) is 0 Å². The number of morpholine rings is 1. The summed E-state index contributed by atoms with van der Waals surface area (Å²) < 4.78 is 5.42. The van der Waals surface area contributed by atoms with E-state index in [1.165, 1.54) is 0 Å². The number of hydrogen-bond donors (Lipinski definition) is 1. The molecule has 142 valence electrons. The number of nitrogens with zero attached hydrogens (tertiary/aromatic N) is 3. The van der Waals surface area contributed by atoms with Gasteiger partial charge in [-0.1, -0.05) is 39.5 Å². The van der Waals surface area contributed by atoms with Crippen molar-refractivity contribution in [2.24, 2.45) is 5.41 Å². The molecular weight excluding hydrogens is 340 g/mol. The first-order valence-corrected chi connectivity index (χ1v) is 9.07. The molecule has 2 heterocycles. The van der Waals surface area contributed by atoms with Gasteiger partial charge in [-0.3, -0.25) is 4.79 Å². The Bertz CT molecular complexity index is 865. The normalized spacial score (nSPS) is 14.9. The largest absolute Gasteiger partial charge is 0.382 e. The molecule has 0 atom stereocenters. The number of carbonyl (C=O) groups is 1. The molecule has 1 saturated heterocycles. The van der Waals surface area contributed by atoms with E-state index in [0.29, 0.717) is 17.0 Å². The van der Waals surface area contributed by atoms with Gasteiger partial charge < -0.3 is 15.4 Å². The average molecular weight is 366 g/mol. The number of hydrogen-bond acceptors (Lipinski definition) is 6. The fraction of sp³-hybridized carbons (Fsp3) is 0.381. The maximum Gasteiger partial charge on any atom is 0.169 e. The summed E-state index contributed by atoms with van der Waals surface area (Å²) in [6.45, 7) is 12.6. The lowest BCUT2D eigenvalue weighted by Crippen LogP contribution is -2.36. The van der Waals surface area contributed by atoms with E-state index < -0.39 is 5.41 Å². The average Bonchev–Trinajstić information content (AvgIpc) is 2.67. The van der Waals surface area contributed by atoms with E-state index in [-0.39, 0.29) is 11.6 Å². The van der Waals surface area contributed by atoms with Crippen LogP contribution in [-0.2, 0) is 9.53 Å². The van der Waals surface area contributed by atoms with Crippen LogP contribution in [0.5, 0.6) is 0 Å². The van der Waals surface area contributed by atoms with Gasteiger partial charge in [-0.05, 0) is 12.1 Å². The lowest BCUT2D eigenvalue weighted by molar-refractivity contribution is -0.120. The van der Waals surface area contributed by atoms with Crippen LogP contribution in [0.25, 0.3) is 16.8 Å². The summed E-state index contributed by atoms with van der Waals surface area (Å²) in [6, 6.07) is 8.11. The van der Waals surface area contributed by atoms with Crippen molar-refractivity contribution < 1.29 is 9.53 Å². The Kier molecular flexibility index (Phi) is 5.28. The zero-order valence-corrected chi connectivity index (χ0v) is 16.2. The van der Waals surface area contributed by atoms with Gasteiger partial charge in [0.05, 0.1) is 25.1 Å². The van der Waals surface area contributed by atoms with Gasteiger partial charge in [-0.25, -0.2) is 9.97 Å². The van der Waals surface area contributed by atoms with Crippen molar-refractivity contribution >= 4 is 22.9 Å². The minimum atomic E-state index is -0.558. The Labute approximate surface area is 160 Å².